The summed E-state index contributed by atoms with van der Waals surface area (Å²) in [6, 6.07) is 2.20. The number of aliphatic hydroxyl groups is 1. The largest absolute Gasteiger partial charge is 0.388 e. The molecule has 1 N–H and O–H groups in total. The minimum absolute atomic E-state index is 0.218. The quantitative estimate of drug-likeness (QED) is 0.784. The molecule has 0 amide bonds. The van der Waals surface area contributed by atoms with Gasteiger partial charge in [-0.2, -0.15) is 0 Å². The minimum Gasteiger partial charge on any atom is -0.388 e. The van der Waals surface area contributed by atoms with Crippen LogP contribution in [0.15, 0.2) is 6.07 Å². The average Bonchev–Trinajstić information content (AvgIpc) is 2.63. The molecule has 102 valence electrons. The number of hydrogen-bond donors (Lipinski definition) is 1. The molecule has 0 fully saturated rings. The maximum absolute atomic E-state index is 10.0. The van der Waals surface area contributed by atoms with Crippen molar-refractivity contribution in [2.45, 2.75) is 71.9 Å². The van der Waals surface area contributed by atoms with Gasteiger partial charge in [-0.15, -0.1) is 0 Å². The van der Waals surface area contributed by atoms with Gasteiger partial charge in [0, 0.05) is 23.5 Å². The molecule has 2 heteroatoms. The van der Waals surface area contributed by atoms with E-state index in [0.717, 1.165) is 31.7 Å². The fraction of sp³-hybridized carbons (Fsp3) is 0.750. The Morgan fingerprint density at radius 3 is 2.89 bits per heavy atom. The van der Waals surface area contributed by atoms with Gasteiger partial charge in [0.05, 0.1) is 6.10 Å². The third-order valence-electron chi connectivity index (χ3n) is 4.11. The fourth-order valence-corrected chi connectivity index (χ4v) is 3.07. The average molecular weight is 249 g/mol. The number of aryl methyl sites for hydroxylation is 1. The SMILES string of the molecule is Cc1cc2c(n1CCCCC(C)C)CCCC2O. The van der Waals surface area contributed by atoms with E-state index in [1.54, 1.807) is 0 Å². The number of fused-ring (bicyclic) bond motifs is 1. The van der Waals surface area contributed by atoms with Crippen LogP contribution in [0, 0.1) is 12.8 Å². The van der Waals surface area contributed by atoms with E-state index in [0.29, 0.717) is 0 Å². The molecular weight excluding hydrogens is 222 g/mol. The van der Waals surface area contributed by atoms with Crippen LogP contribution in [0.25, 0.3) is 0 Å². The molecule has 1 heterocycles. The smallest absolute Gasteiger partial charge is 0.0807 e. The van der Waals surface area contributed by atoms with Crippen LogP contribution in [0.4, 0.5) is 0 Å². The Hall–Kier alpha value is -0.760. The van der Waals surface area contributed by atoms with Crippen LogP contribution in [-0.4, -0.2) is 9.67 Å². The van der Waals surface area contributed by atoms with E-state index in [9.17, 15) is 5.11 Å². The summed E-state index contributed by atoms with van der Waals surface area (Å²) < 4.78 is 2.44. The number of rotatable bonds is 5. The van der Waals surface area contributed by atoms with Crippen molar-refractivity contribution in [3.63, 3.8) is 0 Å². The highest BCUT2D eigenvalue weighted by Gasteiger charge is 2.22. The summed E-state index contributed by atoms with van der Waals surface area (Å²) in [7, 11) is 0. The molecule has 0 bridgehead atoms. The van der Waals surface area contributed by atoms with E-state index in [2.05, 4.69) is 31.4 Å². The maximum Gasteiger partial charge on any atom is 0.0807 e. The first kappa shape index (κ1) is 13.7. The highest BCUT2D eigenvalue weighted by molar-refractivity contribution is 5.31. The molecule has 1 unspecified atom stereocenters. The van der Waals surface area contributed by atoms with Crippen molar-refractivity contribution in [2.75, 3.05) is 0 Å². The lowest BCUT2D eigenvalue weighted by Gasteiger charge is -2.20. The molecule has 1 atom stereocenters. The van der Waals surface area contributed by atoms with Crippen LogP contribution >= 0.6 is 0 Å². The summed E-state index contributed by atoms with van der Waals surface area (Å²) in [6.45, 7) is 7.88. The lowest BCUT2D eigenvalue weighted by molar-refractivity contribution is 0.155. The first-order valence-corrected chi connectivity index (χ1v) is 7.46. The van der Waals surface area contributed by atoms with Crippen molar-refractivity contribution in [3.8, 4) is 0 Å². The third kappa shape index (κ3) is 2.97. The third-order valence-corrected chi connectivity index (χ3v) is 4.11. The number of aliphatic hydroxyl groups excluding tert-OH is 1. The Labute approximate surface area is 111 Å². The number of nitrogens with zero attached hydrogens (tertiary/aromatic N) is 1. The standard InChI is InChI=1S/C16H27NO/c1-12(2)7-4-5-10-17-13(3)11-14-15(17)8-6-9-16(14)18/h11-12,16,18H,4-10H2,1-3H3. The molecule has 1 aliphatic carbocycles. The first-order chi connectivity index (χ1) is 8.59. The maximum atomic E-state index is 10.0. The van der Waals surface area contributed by atoms with Gasteiger partial charge in [-0.3, -0.25) is 0 Å². The minimum atomic E-state index is -0.218. The Morgan fingerprint density at radius 2 is 2.17 bits per heavy atom. The van der Waals surface area contributed by atoms with Gasteiger partial charge in [0.25, 0.3) is 0 Å². The highest BCUT2D eigenvalue weighted by Crippen LogP contribution is 2.32. The second-order valence-electron chi connectivity index (χ2n) is 6.14. The first-order valence-electron chi connectivity index (χ1n) is 7.46. The summed E-state index contributed by atoms with van der Waals surface area (Å²) in [5.41, 5.74) is 3.92. The van der Waals surface area contributed by atoms with Crippen molar-refractivity contribution in [1.82, 2.24) is 4.57 Å². The van der Waals surface area contributed by atoms with Gasteiger partial charge in [-0.05, 0) is 44.6 Å². The van der Waals surface area contributed by atoms with E-state index in [-0.39, 0.29) is 6.10 Å². The monoisotopic (exact) mass is 249 g/mol. The summed E-state index contributed by atoms with van der Waals surface area (Å²) in [6.07, 6.45) is 6.88. The van der Waals surface area contributed by atoms with Gasteiger partial charge in [0.1, 0.15) is 0 Å². The molecule has 0 saturated carbocycles. The van der Waals surface area contributed by atoms with Crippen LogP contribution in [0.3, 0.4) is 0 Å². The Balaban J connectivity index is 2.00. The number of unbranched alkanes of at least 4 members (excludes halogenated alkanes) is 1. The zero-order chi connectivity index (χ0) is 13.1. The molecule has 18 heavy (non-hydrogen) atoms. The van der Waals surface area contributed by atoms with E-state index in [1.807, 2.05) is 0 Å². The summed E-state index contributed by atoms with van der Waals surface area (Å²) >= 11 is 0. The Bertz CT molecular complexity index is 392. The van der Waals surface area contributed by atoms with Crippen molar-refractivity contribution in [3.05, 3.63) is 23.0 Å². The molecular formula is C16H27NO. The van der Waals surface area contributed by atoms with E-state index in [1.165, 1.54) is 36.2 Å². The summed E-state index contributed by atoms with van der Waals surface area (Å²) in [5, 5.41) is 10.0. The van der Waals surface area contributed by atoms with Crippen LogP contribution in [0.5, 0.6) is 0 Å². The van der Waals surface area contributed by atoms with Crippen molar-refractivity contribution in [1.29, 1.82) is 0 Å². The van der Waals surface area contributed by atoms with Gasteiger partial charge >= 0.3 is 0 Å². The van der Waals surface area contributed by atoms with Crippen molar-refractivity contribution >= 4 is 0 Å². The Morgan fingerprint density at radius 1 is 1.39 bits per heavy atom. The normalized spacial score (nSPS) is 19.3. The van der Waals surface area contributed by atoms with Gasteiger partial charge in [-0.1, -0.05) is 26.7 Å². The number of hydrogen-bond acceptors (Lipinski definition) is 1. The van der Waals surface area contributed by atoms with E-state index < -0.39 is 0 Å². The van der Waals surface area contributed by atoms with E-state index in [4.69, 9.17) is 0 Å². The second-order valence-corrected chi connectivity index (χ2v) is 6.14. The number of aromatic nitrogens is 1. The predicted octanol–water partition coefficient (Wildman–Crippen LogP) is 3.99. The molecule has 1 aromatic heterocycles. The lowest BCUT2D eigenvalue weighted by Crippen LogP contribution is -2.12. The van der Waals surface area contributed by atoms with Crippen molar-refractivity contribution in [2.24, 2.45) is 5.92 Å². The lowest BCUT2D eigenvalue weighted by atomic mass is 9.95. The molecule has 1 aromatic rings. The zero-order valence-corrected chi connectivity index (χ0v) is 12.1. The molecule has 1 aliphatic rings. The Kier molecular flexibility index (Phi) is 4.50. The van der Waals surface area contributed by atoms with Crippen LogP contribution in [0.2, 0.25) is 0 Å². The second kappa shape index (κ2) is 5.92. The predicted molar refractivity (Wildman–Crippen MR) is 75.8 cm³/mol. The van der Waals surface area contributed by atoms with Crippen LogP contribution in [-0.2, 0) is 13.0 Å². The molecule has 0 aliphatic heterocycles. The fourth-order valence-electron chi connectivity index (χ4n) is 3.07. The highest BCUT2D eigenvalue weighted by atomic mass is 16.3. The molecule has 2 rings (SSSR count). The van der Waals surface area contributed by atoms with Gasteiger partial charge in [0.2, 0.25) is 0 Å². The van der Waals surface area contributed by atoms with Gasteiger partial charge in [0.15, 0.2) is 0 Å². The zero-order valence-electron chi connectivity index (χ0n) is 12.1. The molecule has 2 nitrogen and oxygen atoms in total. The molecule has 0 spiro atoms. The van der Waals surface area contributed by atoms with E-state index >= 15 is 0 Å². The molecule has 0 radical (unpaired) electrons. The molecule has 0 saturated heterocycles. The van der Waals surface area contributed by atoms with Crippen LogP contribution < -0.4 is 0 Å². The summed E-state index contributed by atoms with van der Waals surface area (Å²) in [4.78, 5) is 0. The molecule has 0 aromatic carbocycles. The summed E-state index contributed by atoms with van der Waals surface area (Å²) in [5.74, 6) is 0.812. The van der Waals surface area contributed by atoms with Crippen LogP contribution in [0.1, 0.15) is 69.0 Å². The van der Waals surface area contributed by atoms with Crippen molar-refractivity contribution < 1.29 is 5.11 Å². The van der Waals surface area contributed by atoms with Gasteiger partial charge < -0.3 is 9.67 Å². The van der Waals surface area contributed by atoms with Gasteiger partial charge in [-0.25, -0.2) is 0 Å². The topological polar surface area (TPSA) is 25.2 Å².